The Morgan fingerprint density at radius 3 is 2.58 bits per heavy atom. The summed E-state index contributed by atoms with van der Waals surface area (Å²) in [6, 6.07) is 20.6. The first-order chi connectivity index (χ1) is 15.2. The van der Waals surface area contributed by atoms with E-state index in [1.165, 1.54) is 12.0 Å². The molecule has 0 amide bonds. The van der Waals surface area contributed by atoms with Crippen molar-refractivity contribution < 1.29 is 4.74 Å². The number of para-hydroxylation sites is 1. The van der Waals surface area contributed by atoms with Gasteiger partial charge in [-0.2, -0.15) is 4.98 Å². The third-order valence-electron chi connectivity index (χ3n) is 6.47. The summed E-state index contributed by atoms with van der Waals surface area (Å²) < 4.78 is 7.89. The van der Waals surface area contributed by atoms with Crippen LogP contribution in [-0.4, -0.2) is 21.6 Å². The second-order valence-corrected chi connectivity index (χ2v) is 8.26. The maximum Gasteiger partial charge on any atom is 0.240 e. The molecule has 2 aromatic heterocycles. The molecule has 31 heavy (non-hydrogen) atoms. The van der Waals surface area contributed by atoms with E-state index < -0.39 is 0 Å². The number of benzene rings is 2. The van der Waals surface area contributed by atoms with E-state index in [9.17, 15) is 0 Å². The van der Waals surface area contributed by atoms with Gasteiger partial charge < -0.3 is 15.8 Å². The number of rotatable bonds is 3. The van der Waals surface area contributed by atoms with Gasteiger partial charge in [-0.3, -0.25) is 4.57 Å². The Bertz CT molecular complexity index is 1290. The first-order valence-corrected chi connectivity index (χ1v) is 10.6. The number of nitrogens with two attached hydrogens (primary N) is 1. The molecule has 0 radical (unpaired) electrons. The van der Waals surface area contributed by atoms with Crippen molar-refractivity contribution in [1.82, 2.24) is 14.5 Å². The summed E-state index contributed by atoms with van der Waals surface area (Å²) in [7, 11) is 1.66. The minimum atomic E-state index is -0.184. The Balaban J connectivity index is 1.60. The van der Waals surface area contributed by atoms with Crippen LogP contribution in [0.1, 0.15) is 24.8 Å². The van der Waals surface area contributed by atoms with Crippen LogP contribution in [-0.2, 0) is 5.54 Å². The second kappa shape index (κ2) is 6.68. The average molecular weight is 409 g/mol. The van der Waals surface area contributed by atoms with Gasteiger partial charge in [0.2, 0.25) is 5.88 Å². The van der Waals surface area contributed by atoms with Crippen molar-refractivity contribution in [3.63, 3.8) is 0 Å². The molecule has 1 fully saturated rings. The summed E-state index contributed by atoms with van der Waals surface area (Å²) >= 11 is 0. The topological polar surface area (TPSA) is 78.0 Å². The Kier molecular flexibility index (Phi) is 3.91. The number of hydrogen-bond donors (Lipinski definition) is 2. The van der Waals surface area contributed by atoms with Crippen molar-refractivity contribution in [1.29, 1.82) is 0 Å². The molecular formula is C25H23N5O. The number of pyridine rings is 1. The van der Waals surface area contributed by atoms with Gasteiger partial charge in [-0.15, -0.1) is 0 Å². The molecule has 1 aliphatic heterocycles. The fourth-order valence-electron chi connectivity index (χ4n) is 4.61. The lowest BCUT2D eigenvalue weighted by Gasteiger charge is -2.38. The van der Waals surface area contributed by atoms with Crippen LogP contribution >= 0.6 is 0 Å². The minimum absolute atomic E-state index is 0.184. The molecule has 6 nitrogen and oxygen atoms in total. The van der Waals surface area contributed by atoms with E-state index in [4.69, 9.17) is 15.5 Å². The highest BCUT2D eigenvalue weighted by atomic mass is 16.5. The number of ether oxygens (including phenoxy) is 1. The molecule has 3 N–H and O–H groups in total. The van der Waals surface area contributed by atoms with Gasteiger partial charge in [-0.05, 0) is 49.1 Å². The fourth-order valence-corrected chi connectivity index (χ4v) is 4.61. The quantitative estimate of drug-likeness (QED) is 0.438. The van der Waals surface area contributed by atoms with Crippen molar-refractivity contribution in [2.75, 3.05) is 12.4 Å². The highest BCUT2D eigenvalue weighted by Crippen LogP contribution is 2.44. The molecular weight excluding hydrogens is 386 g/mol. The van der Waals surface area contributed by atoms with Gasteiger partial charge in [-0.1, -0.05) is 36.4 Å². The van der Waals surface area contributed by atoms with Crippen LogP contribution in [0.15, 0.2) is 66.9 Å². The highest BCUT2D eigenvalue weighted by molar-refractivity contribution is 5.87. The van der Waals surface area contributed by atoms with E-state index in [0.717, 1.165) is 52.7 Å². The molecule has 0 spiro atoms. The monoisotopic (exact) mass is 409 g/mol. The maximum atomic E-state index is 6.54. The Morgan fingerprint density at radius 1 is 1.03 bits per heavy atom. The van der Waals surface area contributed by atoms with Crippen LogP contribution in [0.4, 0.5) is 11.5 Å². The molecule has 4 aromatic rings. The number of imidazole rings is 1. The van der Waals surface area contributed by atoms with E-state index >= 15 is 0 Å². The summed E-state index contributed by atoms with van der Waals surface area (Å²) in [6.07, 6.45) is 5.07. The first-order valence-electron chi connectivity index (χ1n) is 10.6. The Hall–Kier alpha value is -3.64. The van der Waals surface area contributed by atoms with Crippen molar-refractivity contribution in [2.24, 2.45) is 5.73 Å². The standard InChI is InChI=1S/C25H23N5O/c1-31-24-21(16-9-11-17(12-10-16)25(26)13-5-14-25)30-20-8-4-15-27-22(20)28-19-7-3-2-6-18(19)23(30)29-24/h2-4,6-12,15H,5,13-14,26H2,1H3,(H,27,28). The molecule has 6 heteroatoms. The zero-order valence-corrected chi connectivity index (χ0v) is 17.3. The minimum Gasteiger partial charge on any atom is -0.479 e. The van der Waals surface area contributed by atoms with Gasteiger partial charge in [0.1, 0.15) is 5.69 Å². The summed E-state index contributed by atoms with van der Waals surface area (Å²) in [6.45, 7) is 0. The predicted molar refractivity (Wildman–Crippen MR) is 122 cm³/mol. The number of hydrogen-bond acceptors (Lipinski definition) is 5. The van der Waals surface area contributed by atoms with Gasteiger partial charge >= 0.3 is 0 Å². The molecule has 3 heterocycles. The van der Waals surface area contributed by atoms with Crippen molar-refractivity contribution in [3.8, 4) is 34.2 Å². The first kappa shape index (κ1) is 18.2. The van der Waals surface area contributed by atoms with Crippen molar-refractivity contribution in [3.05, 3.63) is 72.4 Å². The van der Waals surface area contributed by atoms with Gasteiger partial charge in [-0.25, -0.2) is 4.98 Å². The van der Waals surface area contributed by atoms with Gasteiger partial charge in [0.05, 0.1) is 18.5 Å². The molecule has 1 aliphatic carbocycles. The Morgan fingerprint density at radius 2 is 1.84 bits per heavy atom. The number of nitrogens with zero attached hydrogens (tertiary/aromatic N) is 3. The number of methoxy groups -OCH3 is 1. The lowest BCUT2D eigenvalue weighted by atomic mass is 9.72. The van der Waals surface area contributed by atoms with Crippen molar-refractivity contribution in [2.45, 2.75) is 24.8 Å². The van der Waals surface area contributed by atoms with Gasteiger partial charge in [0.15, 0.2) is 11.6 Å². The third kappa shape index (κ3) is 2.68. The predicted octanol–water partition coefficient (Wildman–Crippen LogP) is 5.00. The van der Waals surface area contributed by atoms with E-state index in [2.05, 4.69) is 45.2 Å². The van der Waals surface area contributed by atoms with Gasteiger partial charge in [0.25, 0.3) is 0 Å². The summed E-state index contributed by atoms with van der Waals surface area (Å²) in [5.41, 5.74) is 12.4. The van der Waals surface area contributed by atoms with Crippen LogP contribution in [0.3, 0.4) is 0 Å². The molecule has 6 rings (SSSR count). The number of fused-ring (bicyclic) bond motifs is 5. The lowest BCUT2D eigenvalue weighted by Crippen LogP contribution is -2.43. The van der Waals surface area contributed by atoms with Gasteiger partial charge in [0, 0.05) is 22.9 Å². The van der Waals surface area contributed by atoms with Crippen LogP contribution in [0, 0.1) is 0 Å². The van der Waals surface area contributed by atoms with Crippen LogP contribution in [0.25, 0.3) is 28.3 Å². The summed E-state index contributed by atoms with van der Waals surface area (Å²) in [5, 5.41) is 3.47. The smallest absolute Gasteiger partial charge is 0.240 e. The lowest BCUT2D eigenvalue weighted by molar-refractivity contribution is 0.253. The van der Waals surface area contributed by atoms with E-state index in [1.54, 1.807) is 13.3 Å². The zero-order valence-electron chi connectivity index (χ0n) is 17.3. The molecule has 0 saturated heterocycles. The van der Waals surface area contributed by atoms with E-state index in [0.29, 0.717) is 5.88 Å². The zero-order chi connectivity index (χ0) is 21.0. The number of anilines is 2. The van der Waals surface area contributed by atoms with Crippen molar-refractivity contribution >= 4 is 11.5 Å². The average Bonchev–Trinajstić information content (AvgIpc) is 3.11. The van der Waals surface area contributed by atoms with Crippen LogP contribution < -0.4 is 15.8 Å². The molecule has 2 aliphatic rings. The normalized spacial score (nSPS) is 15.5. The molecule has 0 bridgehead atoms. The highest BCUT2D eigenvalue weighted by Gasteiger charge is 2.34. The molecule has 0 atom stereocenters. The molecule has 0 unspecified atom stereocenters. The van der Waals surface area contributed by atoms with E-state index in [1.807, 2.05) is 30.3 Å². The molecule has 1 saturated carbocycles. The van der Waals surface area contributed by atoms with Crippen LogP contribution in [0.5, 0.6) is 5.88 Å². The summed E-state index contributed by atoms with van der Waals surface area (Å²) in [5.74, 6) is 2.18. The Labute approximate surface area is 180 Å². The third-order valence-corrected chi connectivity index (χ3v) is 6.47. The largest absolute Gasteiger partial charge is 0.479 e. The second-order valence-electron chi connectivity index (χ2n) is 8.26. The number of nitrogens with one attached hydrogen (secondary N) is 1. The number of aromatic nitrogens is 3. The maximum absolute atomic E-state index is 6.54. The molecule has 2 aromatic carbocycles. The van der Waals surface area contributed by atoms with Crippen LogP contribution in [0.2, 0.25) is 0 Å². The van der Waals surface area contributed by atoms with E-state index in [-0.39, 0.29) is 5.54 Å². The fraction of sp³-hybridized carbons (Fsp3) is 0.200. The summed E-state index contributed by atoms with van der Waals surface area (Å²) in [4.78, 5) is 9.49. The molecule has 154 valence electrons. The SMILES string of the molecule is COc1nc2n(c1-c1ccc(C3(N)CCC3)cc1)-c1cccnc1Nc1ccccc1-2.